The Balaban J connectivity index is 2.16. The van der Waals surface area contributed by atoms with E-state index in [4.69, 9.17) is 0 Å². The van der Waals surface area contributed by atoms with E-state index in [-0.39, 0.29) is 23.8 Å². The Hall–Kier alpha value is -0.570. The third-order valence-electron chi connectivity index (χ3n) is 2.63. The van der Waals surface area contributed by atoms with Gasteiger partial charge in [-0.2, -0.15) is 0 Å². The summed E-state index contributed by atoms with van der Waals surface area (Å²) in [6.45, 7) is 0.685. The van der Waals surface area contributed by atoms with Gasteiger partial charge in [-0.1, -0.05) is 0 Å². The molecule has 1 amide bonds. The van der Waals surface area contributed by atoms with E-state index in [2.05, 4.69) is 5.32 Å². The zero-order chi connectivity index (χ0) is 7.14. The lowest BCUT2D eigenvalue weighted by molar-refractivity contribution is -0.122. The predicted octanol–water partition coefficient (Wildman–Crippen LogP) is -0.497. The van der Waals surface area contributed by atoms with Gasteiger partial charge < -0.3 is 10.4 Å². The number of hydrogen-bond acceptors (Lipinski definition) is 2. The van der Waals surface area contributed by atoms with Crippen LogP contribution in [0.1, 0.15) is 12.8 Å². The molecule has 0 bridgehead atoms. The normalized spacial score (nSPS) is 45.3. The highest BCUT2D eigenvalue weighted by Gasteiger charge is 2.43. The van der Waals surface area contributed by atoms with Crippen molar-refractivity contribution in [1.29, 1.82) is 0 Å². The van der Waals surface area contributed by atoms with Crippen molar-refractivity contribution < 1.29 is 9.90 Å². The van der Waals surface area contributed by atoms with Crippen LogP contribution in [-0.4, -0.2) is 23.7 Å². The lowest BCUT2D eigenvalue weighted by Gasteiger charge is -2.08. The molecule has 2 N–H and O–H groups in total. The summed E-state index contributed by atoms with van der Waals surface area (Å²) < 4.78 is 0. The van der Waals surface area contributed by atoms with Gasteiger partial charge in [0.25, 0.3) is 0 Å². The van der Waals surface area contributed by atoms with Crippen LogP contribution in [0.2, 0.25) is 0 Å². The Morgan fingerprint density at radius 2 is 2.30 bits per heavy atom. The second-order valence-corrected chi connectivity index (χ2v) is 3.16. The molecule has 3 heteroatoms. The first-order valence-corrected chi connectivity index (χ1v) is 3.75. The maximum atomic E-state index is 11.0. The van der Waals surface area contributed by atoms with Gasteiger partial charge in [0.05, 0.1) is 6.10 Å². The number of aliphatic hydroxyl groups is 1. The van der Waals surface area contributed by atoms with Crippen molar-refractivity contribution in [2.75, 3.05) is 6.54 Å². The first kappa shape index (κ1) is 6.16. The lowest BCUT2D eigenvalue weighted by atomic mass is 9.99. The highest BCUT2D eigenvalue weighted by molar-refractivity contribution is 5.81. The minimum Gasteiger partial charge on any atom is -0.393 e. The van der Waals surface area contributed by atoms with Gasteiger partial charge in [-0.15, -0.1) is 0 Å². The van der Waals surface area contributed by atoms with Crippen LogP contribution in [0.3, 0.4) is 0 Å². The molecule has 0 radical (unpaired) electrons. The van der Waals surface area contributed by atoms with Gasteiger partial charge in [-0.3, -0.25) is 4.79 Å². The van der Waals surface area contributed by atoms with E-state index in [0.29, 0.717) is 6.54 Å². The second kappa shape index (κ2) is 1.95. The Labute approximate surface area is 59.4 Å². The highest BCUT2D eigenvalue weighted by atomic mass is 16.3. The minimum atomic E-state index is -0.232. The molecular formula is C7H11NO2. The van der Waals surface area contributed by atoms with Crippen LogP contribution in [-0.2, 0) is 4.79 Å². The first-order chi connectivity index (χ1) is 4.79. The third kappa shape index (κ3) is 0.669. The maximum absolute atomic E-state index is 11.0. The average molecular weight is 141 g/mol. The molecule has 0 unspecified atom stereocenters. The zero-order valence-corrected chi connectivity index (χ0v) is 5.71. The number of hydrogen-bond donors (Lipinski definition) is 2. The molecule has 1 aliphatic heterocycles. The van der Waals surface area contributed by atoms with Gasteiger partial charge in [-0.05, 0) is 12.8 Å². The standard InChI is InChI=1S/C7H11NO2/c9-6-2-1-4-5(6)3-8-7(4)10/h4-6,9H,1-3H2,(H,8,10)/t4-,5-,6+/m1/s1. The molecule has 3 nitrogen and oxygen atoms in total. The van der Waals surface area contributed by atoms with E-state index in [1.807, 2.05) is 0 Å². The van der Waals surface area contributed by atoms with Gasteiger partial charge in [0, 0.05) is 18.4 Å². The maximum Gasteiger partial charge on any atom is 0.223 e. The van der Waals surface area contributed by atoms with Crippen LogP contribution in [0.4, 0.5) is 0 Å². The molecule has 2 fully saturated rings. The molecule has 56 valence electrons. The fourth-order valence-corrected chi connectivity index (χ4v) is 2.00. The van der Waals surface area contributed by atoms with E-state index in [9.17, 15) is 9.90 Å². The molecule has 0 spiro atoms. The average Bonchev–Trinajstić information content (AvgIpc) is 2.41. The van der Waals surface area contributed by atoms with Crippen molar-refractivity contribution in [3.63, 3.8) is 0 Å². The fraction of sp³-hybridized carbons (Fsp3) is 0.857. The molecule has 1 saturated heterocycles. The third-order valence-corrected chi connectivity index (χ3v) is 2.63. The second-order valence-electron chi connectivity index (χ2n) is 3.16. The van der Waals surface area contributed by atoms with Crippen LogP contribution in [0.25, 0.3) is 0 Å². The largest absolute Gasteiger partial charge is 0.393 e. The van der Waals surface area contributed by atoms with Gasteiger partial charge in [0.1, 0.15) is 0 Å². The SMILES string of the molecule is O=C1NC[C@H]2[C@@H](O)CC[C@@H]12. The Morgan fingerprint density at radius 3 is 3.00 bits per heavy atom. The van der Waals surface area contributed by atoms with E-state index < -0.39 is 0 Å². The van der Waals surface area contributed by atoms with Crippen LogP contribution < -0.4 is 5.32 Å². The van der Waals surface area contributed by atoms with Crippen molar-refractivity contribution in [3.05, 3.63) is 0 Å². The zero-order valence-electron chi connectivity index (χ0n) is 5.71. The number of carbonyl (C=O) groups is 1. The van der Waals surface area contributed by atoms with Gasteiger partial charge >= 0.3 is 0 Å². The van der Waals surface area contributed by atoms with Crippen molar-refractivity contribution in [2.24, 2.45) is 11.8 Å². The molecule has 2 aliphatic rings. The summed E-state index contributed by atoms with van der Waals surface area (Å²) in [5.74, 6) is 0.476. The summed E-state index contributed by atoms with van der Waals surface area (Å²) in [6.07, 6.45) is 1.45. The summed E-state index contributed by atoms with van der Waals surface area (Å²) in [5.41, 5.74) is 0. The summed E-state index contributed by atoms with van der Waals surface area (Å²) in [6, 6.07) is 0. The fourth-order valence-electron chi connectivity index (χ4n) is 2.00. The summed E-state index contributed by atoms with van der Waals surface area (Å²) in [4.78, 5) is 11.0. The lowest BCUT2D eigenvalue weighted by Crippen LogP contribution is -2.20. The number of rotatable bonds is 0. The molecule has 0 aromatic rings. The molecule has 1 saturated carbocycles. The summed E-state index contributed by atoms with van der Waals surface area (Å²) >= 11 is 0. The molecule has 2 rings (SSSR count). The van der Waals surface area contributed by atoms with E-state index in [1.54, 1.807) is 0 Å². The van der Waals surface area contributed by atoms with Crippen LogP contribution >= 0.6 is 0 Å². The van der Waals surface area contributed by atoms with E-state index in [1.165, 1.54) is 0 Å². The number of carbonyl (C=O) groups excluding carboxylic acids is 1. The smallest absolute Gasteiger partial charge is 0.223 e. The Bertz CT molecular complexity index is 169. The van der Waals surface area contributed by atoms with Gasteiger partial charge in [0.2, 0.25) is 5.91 Å². The van der Waals surface area contributed by atoms with Gasteiger partial charge in [-0.25, -0.2) is 0 Å². The Kier molecular flexibility index (Phi) is 1.20. The molecule has 1 aliphatic carbocycles. The minimum absolute atomic E-state index is 0.120. The number of fused-ring (bicyclic) bond motifs is 1. The first-order valence-electron chi connectivity index (χ1n) is 3.75. The van der Waals surface area contributed by atoms with Crippen LogP contribution in [0, 0.1) is 11.8 Å². The van der Waals surface area contributed by atoms with Crippen LogP contribution in [0.5, 0.6) is 0 Å². The highest BCUT2D eigenvalue weighted by Crippen LogP contribution is 2.34. The summed E-state index contributed by atoms with van der Waals surface area (Å²) in [7, 11) is 0. The Morgan fingerprint density at radius 1 is 1.50 bits per heavy atom. The summed E-state index contributed by atoms with van der Waals surface area (Å²) in [5, 5.41) is 12.1. The number of aliphatic hydroxyl groups excluding tert-OH is 1. The number of nitrogens with one attached hydrogen (secondary N) is 1. The monoisotopic (exact) mass is 141 g/mol. The number of amides is 1. The van der Waals surface area contributed by atoms with Crippen molar-refractivity contribution >= 4 is 5.91 Å². The molecular weight excluding hydrogens is 130 g/mol. The topological polar surface area (TPSA) is 49.3 Å². The predicted molar refractivity (Wildman–Crippen MR) is 35.2 cm³/mol. The quantitative estimate of drug-likeness (QED) is 0.478. The van der Waals surface area contributed by atoms with Crippen molar-refractivity contribution in [2.45, 2.75) is 18.9 Å². The van der Waals surface area contributed by atoms with Crippen molar-refractivity contribution in [3.8, 4) is 0 Å². The van der Waals surface area contributed by atoms with E-state index in [0.717, 1.165) is 12.8 Å². The molecule has 0 aromatic heterocycles. The van der Waals surface area contributed by atoms with Crippen molar-refractivity contribution in [1.82, 2.24) is 5.32 Å². The molecule has 10 heavy (non-hydrogen) atoms. The van der Waals surface area contributed by atoms with Gasteiger partial charge in [0.15, 0.2) is 0 Å². The molecule has 1 heterocycles. The van der Waals surface area contributed by atoms with Crippen LogP contribution in [0.15, 0.2) is 0 Å². The molecule has 0 aromatic carbocycles. The van der Waals surface area contributed by atoms with E-state index >= 15 is 0 Å². The molecule has 3 atom stereocenters.